The average molecular weight is 396 g/mol. The number of rotatable bonds is 6. The van der Waals surface area contributed by atoms with Crippen LogP contribution in [0, 0.1) is 0 Å². The SMILES string of the molecule is CCCN1C(=O)C(=O)N(CC(=O)N(C)Cc2ccccc2Br)C1=O. The molecule has 0 spiro atoms. The zero-order chi connectivity index (χ0) is 17.9. The summed E-state index contributed by atoms with van der Waals surface area (Å²) in [6.45, 7) is 1.85. The van der Waals surface area contributed by atoms with Gasteiger partial charge in [0.25, 0.3) is 0 Å². The first kappa shape index (κ1) is 18.1. The van der Waals surface area contributed by atoms with Crippen molar-refractivity contribution in [3.63, 3.8) is 0 Å². The summed E-state index contributed by atoms with van der Waals surface area (Å²) in [5.41, 5.74) is 0.899. The number of halogens is 1. The van der Waals surface area contributed by atoms with Gasteiger partial charge in [-0.25, -0.2) is 9.69 Å². The second-order valence-corrected chi connectivity index (χ2v) is 6.33. The van der Waals surface area contributed by atoms with Crippen LogP contribution >= 0.6 is 15.9 Å². The minimum Gasteiger partial charge on any atom is -0.340 e. The molecule has 1 fully saturated rings. The molecule has 1 aliphatic heterocycles. The van der Waals surface area contributed by atoms with E-state index in [1.54, 1.807) is 14.0 Å². The molecule has 2 rings (SSSR count). The number of likely N-dealkylation sites (N-methyl/N-ethyl adjacent to an activating group) is 1. The smallest absolute Gasteiger partial charge is 0.334 e. The molecular formula is C16H18BrN3O4. The molecule has 1 aromatic rings. The maximum absolute atomic E-state index is 12.3. The molecule has 1 aliphatic rings. The van der Waals surface area contributed by atoms with Gasteiger partial charge in [0.1, 0.15) is 6.54 Å². The molecule has 0 saturated carbocycles. The van der Waals surface area contributed by atoms with E-state index in [4.69, 9.17) is 0 Å². The predicted octanol–water partition coefficient (Wildman–Crippen LogP) is 1.61. The fourth-order valence-electron chi connectivity index (χ4n) is 2.34. The van der Waals surface area contributed by atoms with Gasteiger partial charge in [0.2, 0.25) is 5.91 Å². The van der Waals surface area contributed by atoms with Crippen LogP contribution in [0.1, 0.15) is 18.9 Å². The summed E-state index contributed by atoms with van der Waals surface area (Å²) in [5, 5.41) is 0. The van der Waals surface area contributed by atoms with Gasteiger partial charge in [-0.15, -0.1) is 0 Å². The van der Waals surface area contributed by atoms with Crippen LogP contribution in [0.2, 0.25) is 0 Å². The summed E-state index contributed by atoms with van der Waals surface area (Å²) in [6.07, 6.45) is 0.550. The number of hydrogen-bond donors (Lipinski definition) is 0. The Morgan fingerprint density at radius 2 is 1.75 bits per heavy atom. The molecule has 7 nitrogen and oxygen atoms in total. The lowest BCUT2D eigenvalue weighted by molar-refractivity contribution is -0.144. The van der Waals surface area contributed by atoms with Crippen molar-refractivity contribution in [2.45, 2.75) is 19.9 Å². The Morgan fingerprint density at radius 1 is 1.12 bits per heavy atom. The summed E-state index contributed by atoms with van der Waals surface area (Å²) < 4.78 is 0.863. The van der Waals surface area contributed by atoms with Gasteiger partial charge in [-0.1, -0.05) is 41.1 Å². The second kappa shape index (κ2) is 7.57. The third-order valence-electron chi connectivity index (χ3n) is 3.67. The molecule has 0 radical (unpaired) electrons. The standard InChI is InChI=1S/C16H18BrN3O4/c1-3-8-19-14(22)15(23)20(16(19)24)10-13(21)18(2)9-11-6-4-5-7-12(11)17/h4-7H,3,8-10H2,1-2H3. The summed E-state index contributed by atoms with van der Waals surface area (Å²) in [6, 6.07) is 6.72. The van der Waals surface area contributed by atoms with Gasteiger partial charge >= 0.3 is 17.8 Å². The van der Waals surface area contributed by atoms with Crippen LogP contribution in [-0.2, 0) is 20.9 Å². The van der Waals surface area contributed by atoms with E-state index < -0.39 is 30.3 Å². The predicted molar refractivity (Wildman–Crippen MR) is 89.7 cm³/mol. The van der Waals surface area contributed by atoms with Gasteiger partial charge in [0.15, 0.2) is 0 Å². The Labute approximate surface area is 148 Å². The van der Waals surface area contributed by atoms with Crippen molar-refractivity contribution in [3.05, 3.63) is 34.3 Å². The number of hydrogen-bond acceptors (Lipinski definition) is 4. The van der Waals surface area contributed by atoms with E-state index >= 15 is 0 Å². The zero-order valence-corrected chi connectivity index (χ0v) is 15.1. The number of carbonyl (C=O) groups excluding carboxylic acids is 4. The molecule has 0 atom stereocenters. The Hall–Kier alpha value is -2.22. The fraction of sp³-hybridized carbons (Fsp3) is 0.375. The van der Waals surface area contributed by atoms with Gasteiger partial charge < -0.3 is 4.90 Å². The van der Waals surface area contributed by atoms with Crippen molar-refractivity contribution < 1.29 is 19.2 Å². The largest absolute Gasteiger partial charge is 0.340 e. The van der Waals surface area contributed by atoms with Crippen LogP contribution in [0.3, 0.4) is 0 Å². The highest BCUT2D eigenvalue weighted by Gasteiger charge is 2.44. The molecule has 24 heavy (non-hydrogen) atoms. The quantitative estimate of drug-likeness (QED) is 0.541. The summed E-state index contributed by atoms with van der Waals surface area (Å²) in [4.78, 5) is 51.1. The van der Waals surface area contributed by atoms with Crippen LogP contribution in [0.25, 0.3) is 0 Å². The number of amides is 5. The molecule has 0 aromatic heterocycles. The Bertz CT molecular complexity index is 692. The maximum Gasteiger partial charge on any atom is 0.334 e. The van der Waals surface area contributed by atoms with Crippen molar-refractivity contribution in [2.75, 3.05) is 20.1 Å². The van der Waals surface area contributed by atoms with E-state index in [2.05, 4.69) is 15.9 Å². The van der Waals surface area contributed by atoms with Gasteiger partial charge in [0, 0.05) is 24.6 Å². The molecule has 1 saturated heterocycles. The normalized spacial score (nSPS) is 14.5. The third-order valence-corrected chi connectivity index (χ3v) is 4.44. The van der Waals surface area contributed by atoms with Crippen LogP contribution in [-0.4, -0.2) is 58.6 Å². The first-order valence-corrected chi connectivity index (χ1v) is 8.30. The van der Waals surface area contributed by atoms with Gasteiger partial charge in [-0.2, -0.15) is 0 Å². The van der Waals surface area contributed by atoms with Crippen LogP contribution < -0.4 is 0 Å². The number of nitrogens with zero attached hydrogens (tertiary/aromatic N) is 3. The van der Waals surface area contributed by atoms with Crippen LogP contribution in [0.4, 0.5) is 4.79 Å². The minimum atomic E-state index is -0.948. The van der Waals surface area contributed by atoms with E-state index in [9.17, 15) is 19.2 Å². The first-order chi connectivity index (χ1) is 11.4. The van der Waals surface area contributed by atoms with Crippen molar-refractivity contribution >= 4 is 39.7 Å². The number of imide groups is 2. The molecule has 5 amide bonds. The number of carbonyl (C=O) groups is 4. The molecule has 128 valence electrons. The van der Waals surface area contributed by atoms with Crippen molar-refractivity contribution in [3.8, 4) is 0 Å². The average Bonchev–Trinajstić information content (AvgIpc) is 2.75. The highest BCUT2D eigenvalue weighted by Crippen LogP contribution is 2.18. The minimum absolute atomic E-state index is 0.168. The maximum atomic E-state index is 12.3. The molecule has 0 aliphatic carbocycles. The second-order valence-electron chi connectivity index (χ2n) is 5.47. The number of urea groups is 1. The van der Waals surface area contributed by atoms with Gasteiger partial charge in [-0.05, 0) is 18.1 Å². The summed E-state index contributed by atoms with van der Waals surface area (Å²) in [5.74, 6) is -2.24. The van der Waals surface area contributed by atoms with Crippen molar-refractivity contribution in [1.82, 2.24) is 14.7 Å². The summed E-state index contributed by atoms with van der Waals surface area (Å²) >= 11 is 3.41. The Balaban J connectivity index is 2.03. The molecule has 1 heterocycles. The monoisotopic (exact) mass is 395 g/mol. The van der Waals surface area contributed by atoms with E-state index in [0.29, 0.717) is 17.9 Å². The molecule has 8 heteroatoms. The highest BCUT2D eigenvalue weighted by molar-refractivity contribution is 9.10. The van der Waals surface area contributed by atoms with Gasteiger partial charge in [-0.3, -0.25) is 19.3 Å². The molecule has 1 aromatic carbocycles. The van der Waals surface area contributed by atoms with Crippen molar-refractivity contribution in [1.29, 1.82) is 0 Å². The van der Waals surface area contributed by atoms with E-state index in [0.717, 1.165) is 14.9 Å². The molecular weight excluding hydrogens is 378 g/mol. The first-order valence-electron chi connectivity index (χ1n) is 7.51. The molecule has 0 N–H and O–H groups in total. The lowest BCUT2D eigenvalue weighted by Crippen LogP contribution is -2.42. The zero-order valence-electron chi connectivity index (χ0n) is 13.5. The Morgan fingerprint density at radius 3 is 2.38 bits per heavy atom. The van der Waals surface area contributed by atoms with E-state index in [1.807, 2.05) is 24.3 Å². The molecule has 0 unspecified atom stereocenters. The van der Waals surface area contributed by atoms with E-state index in [-0.39, 0.29) is 6.54 Å². The van der Waals surface area contributed by atoms with Crippen molar-refractivity contribution in [2.24, 2.45) is 0 Å². The van der Waals surface area contributed by atoms with E-state index in [1.165, 1.54) is 4.90 Å². The topological polar surface area (TPSA) is 78.0 Å². The van der Waals surface area contributed by atoms with Gasteiger partial charge in [0.05, 0.1) is 0 Å². The Kier molecular flexibility index (Phi) is 5.71. The molecule has 0 bridgehead atoms. The highest BCUT2D eigenvalue weighted by atomic mass is 79.9. The lowest BCUT2D eigenvalue weighted by Gasteiger charge is -2.21. The van der Waals surface area contributed by atoms with Crippen LogP contribution in [0.5, 0.6) is 0 Å². The van der Waals surface area contributed by atoms with Crippen LogP contribution in [0.15, 0.2) is 28.7 Å². The summed E-state index contributed by atoms with van der Waals surface area (Å²) in [7, 11) is 1.58. The number of benzene rings is 1. The third kappa shape index (κ3) is 3.64. The lowest BCUT2D eigenvalue weighted by atomic mass is 10.2. The fourth-order valence-corrected chi connectivity index (χ4v) is 2.75.